The first-order valence-electron chi connectivity index (χ1n) is 6.43. The summed E-state index contributed by atoms with van der Waals surface area (Å²) in [5.74, 6) is 0.319. The zero-order valence-corrected chi connectivity index (χ0v) is 11.3. The zero-order chi connectivity index (χ0) is 13.0. The van der Waals surface area contributed by atoms with Gasteiger partial charge in [-0.2, -0.15) is 0 Å². The van der Waals surface area contributed by atoms with Crippen LogP contribution in [0.5, 0.6) is 0 Å². The first-order valence-corrected chi connectivity index (χ1v) is 6.81. The summed E-state index contributed by atoms with van der Waals surface area (Å²) in [5.41, 5.74) is 1.08. The Morgan fingerprint density at radius 3 is 2.56 bits per heavy atom. The summed E-state index contributed by atoms with van der Waals surface area (Å²) >= 11 is 5.85. The fraction of sp³-hybridized carbons (Fsp3) is 0.500. The lowest BCUT2D eigenvalue weighted by Gasteiger charge is -2.24. The van der Waals surface area contributed by atoms with Crippen LogP contribution in [-0.4, -0.2) is 19.0 Å². The topological polar surface area (TPSA) is 41.1 Å². The summed E-state index contributed by atoms with van der Waals surface area (Å²) in [5, 5.41) is 7.06. The van der Waals surface area contributed by atoms with Crippen molar-refractivity contribution in [2.45, 2.75) is 25.8 Å². The quantitative estimate of drug-likeness (QED) is 0.883. The van der Waals surface area contributed by atoms with Crippen LogP contribution in [-0.2, 0) is 4.79 Å². The molecule has 1 fully saturated rings. The summed E-state index contributed by atoms with van der Waals surface area (Å²) in [7, 11) is 0. The van der Waals surface area contributed by atoms with E-state index in [1.165, 1.54) is 0 Å². The van der Waals surface area contributed by atoms with E-state index in [0.29, 0.717) is 0 Å². The minimum atomic E-state index is 0.0321. The van der Waals surface area contributed by atoms with Crippen molar-refractivity contribution in [1.29, 1.82) is 0 Å². The molecule has 4 heteroatoms. The molecule has 0 saturated carbocycles. The molecule has 98 valence electrons. The lowest BCUT2D eigenvalue weighted by atomic mass is 9.96. The van der Waals surface area contributed by atoms with Gasteiger partial charge in [-0.15, -0.1) is 0 Å². The smallest absolute Gasteiger partial charge is 0.223 e. The third-order valence-corrected chi connectivity index (χ3v) is 3.69. The Morgan fingerprint density at radius 2 is 1.94 bits per heavy atom. The van der Waals surface area contributed by atoms with E-state index in [1.54, 1.807) is 0 Å². The van der Waals surface area contributed by atoms with Gasteiger partial charge in [0.05, 0.1) is 6.04 Å². The monoisotopic (exact) mass is 266 g/mol. The van der Waals surface area contributed by atoms with E-state index >= 15 is 0 Å². The maximum atomic E-state index is 12.1. The molecule has 1 unspecified atom stereocenters. The van der Waals surface area contributed by atoms with Crippen LogP contribution >= 0.6 is 11.6 Å². The number of hydrogen-bond donors (Lipinski definition) is 2. The summed E-state index contributed by atoms with van der Waals surface area (Å²) in [6.45, 7) is 3.88. The summed E-state index contributed by atoms with van der Waals surface area (Å²) in [4.78, 5) is 12.1. The Bertz CT molecular complexity index is 399. The van der Waals surface area contributed by atoms with Gasteiger partial charge in [0.1, 0.15) is 0 Å². The highest BCUT2D eigenvalue weighted by Gasteiger charge is 2.22. The second-order valence-electron chi connectivity index (χ2n) is 4.81. The molecule has 1 amide bonds. The van der Waals surface area contributed by atoms with Gasteiger partial charge in [-0.1, -0.05) is 23.7 Å². The third kappa shape index (κ3) is 3.47. The van der Waals surface area contributed by atoms with Gasteiger partial charge in [-0.3, -0.25) is 4.79 Å². The molecule has 18 heavy (non-hydrogen) atoms. The fourth-order valence-corrected chi connectivity index (χ4v) is 2.38. The van der Waals surface area contributed by atoms with Crippen molar-refractivity contribution in [3.63, 3.8) is 0 Å². The number of rotatable bonds is 3. The standard InChI is InChI=1S/C14H19ClN2O/c1-10(11-2-4-13(15)5-3-11)17-14(18)12-6-8-16-9-7-12/h2-5,10,12,16H,6-9H2,1H3,(H,17,18). The Hall–Kier alpha value is -1.06. The summed E-state index contributed by atoms with van der Waals surface area (Å²) < 4.78 is 0. The van der Waals surface area contributed by atoms with Gasteiger partial charge < -0.3 is 10.6 Å². The van der Waals surface area contributed by atoms with Crippen molar-refractivity contribution >= 4 is 17.5 Å². The fourth-order valence-electron chi connectivity index (χ4n) is 2.25. The maximum Gasteiger partial charge on any atom is 0.223 e. The Morgan fingerprint density at radius 1 is 1.33 bits per heavy atom. The average molecular weight is 267 g/mol. The van der Waals surface area contributed by atoms with E-state index < -0.39 is 0 Å². The predicted molar refractivity (Wildman–Crippen MR) is 73.6 cm³/mol. The van der Waals surface area contributed by atoms with E-state index in [0.717, 1.165) is 36.5 Å². The molecule has 0 aliphatic carbocycles. The normalized spacial score (nSPS) is 18.3. The SMILES string of the molecule is CC(NC(=O)C1CCNCC1)c1ccc(Cl)cc1. The summed E-state index contributed by atoms with van der Waals surface area (Å²) in [6, 6.07) is 7.64. The van der Waals surface area contributed by atoms with Crippen molar-refractivity contribution in [1.82, 2.24) is 10.6 Å². The predicted octanol–water partition coefficient (Wildman–Crippen LogP) is 2.52. The molecule has 1 saturated heterocycles. The molecule has 0 bridgehead atoms. The first-order chi connectivity index (χ1) is 8.66. The van der Waals surface area contributed by atoms with Gasteiger partial charge >= 0.3 is 0 Å². The lowest BCUT2D eigenvalue weighted by molar-refractivity contribution is -0.126. The number of hydrogen-bond acceptors (Lipinski definition) is 2. The van der Waals surface area contributed by atoms with E-state index in [1.807, 2.05) is 31.2 Å². The number of halogens is 1. The van der Waals surface area contributed by atoms with Crippen LogP contribution in [0.4, 0.5) is 0 Å². The van der Waals surface area contributed by atoms with Crippen LogP contribution < -0.4 is 10.6 Å². The number of benzene rings is 1. The minimum absolute atomic E-state index is 0.0321. The van der Waals surface area contributed by atoms with E-state index in [4.69, 9.17) is 11.6 Å². The number of carbonyl (C=O) groups is 1. The largest absolute Gasteiger partial charge is 0.349 e. The molecule has 1 aromatic rings. The highest BCUT2D eigenvalue weighted by atomic mass is 35.5. The molecule has 0 spiro atoms. The Labute approximate surface area is 113 Å². The third-order valence-electron chi connectivity index (χ3n) is 3.44. The van der Waals surface area contributed by atoms with Crippen LogP contribution in [0.3, 0.4) is 0 Å². The molecule has 2 rings (SSSR count). The van der Waals surface area contributed by atoms with Crippen LogP contribution in [0.25, 0.3) is 0 Å². The Balaban J connectivity index is 1.91. The van der Waals surface area contributed by atoms with Gasteiger partial charge in [0.25, 0.3) is 0 Å². The lowest BCUT2D eigenvalue weighted by Crippen LogP contribution is -2.39. The second-order valence-corrected chi connectivity index (χ2v) is 5.24. The van der Waals surface area contributed by atoms with Crippen molar-refractivity contribution in [3.05, 3.63) is 34.9 Å². The number of nitrogens with one attached hydrogen (secondary N) is 2. The number of piperidine rings is 1. The molecular weight excluding hydrogens is 248 g/mol. The van der Waals surface area contributed by atoms with Crippen LogP contribution in [0.2, 0.25) is 5.02 Å². The van der Waals surface area contributed by atoms with Crippen molar-refractivity contribution in [2.24, 2.45) is 5.92 Å². The molecule has 1 aliphatic heterocycles. The highest BCUT2D eigenvalue weighted by molar-refractivity contribution is 6.30. The molecular formula is C14H19ClN2O. The second kappa shape index (κ2) is 6.21. The van der Waals surface area contributed by atoms with Crippen LogP contribution in [0.15, 0.2) is 24.3 Å². The Kier molecular flexibility index (Phi) is 4.61. The van der Waals surface area contributed by atoms with Crippen molar-refractivity contribution in [3.8, 4) is 0 Å². The number of amides is 1. The average Bonchev–Trinajstić information content (AvgIpc) is 2.40. The van der Waals surface area contributed by atoms with Gasteiger partial charge in [-0.05, 0) is 50.6 Å². The highest BCUT2D eigenvalue weighted by Crippen LogP contribution is 2.18. The van der Waals surface area contributed by atoms with E-state index in [9.17, 15) is 4.79 Å². The van der Waals surface area contributed by atoms with E-state index in [-0.39, 0.29) is 17.9 Å². The zero-order valence-electron chi connectivity index (χ0n) is 10.6. The molecule has 0 radical (unpaired) electrons. The molecule has 3 nitrogen and oxygen atoms in total. The van der Waals surface area contributed by atoms with Crippen molar-refractivity contribution in [2.75, 3.05) is 13.1 Å². The minimum Gasteiger partial charge on any atom is -0.349 e. The molecule has 0 aromatic heterocycles. The molecule has 1 aliphatic rings. The van der Waals surface area contributed by atoms with Gasteiger partial charge in [0, 0.05) is 10.9 Å². The van der Waals surface area contributed by atoms with Gasteiger partial charge in [0.2, 0.25) is 5.91 Å². The van der Waals surface area contributed by atoms with Gasteiger partial charge in [-0.25, -0.2) is 0 Å². The maximum absolute atomic E-state index is 12.1. The number of carbonyl (C=O) groups excluding carboxylic acids is 1. The van der Waals surface area contributed by atoms with Crippen LogP contribution in [0, 0.1) is 5.92 Å². The van der Waals surface area contributed by atoms with Crippen molar-refractivity contribution < 1.29 is 4.79 Å². The molecule has 1 heterocycles. The molecule has 1 atom stereocenters. The molecule has 1 aromatic carbocycles. The van der Waals surface area contributed by atoms with Crippen LogP contribution in [0.1, 0.15) is 31.4 Å². The van der Waals surface area contributed by atoms with Gasteiger partial charge in [0.15, 0.2) is 0 Å². The van der Waals surface area contributed by atoms with E-state index in [2.05, 4.69) is 10.6 Å². The summed E-state index contributed by atoms with van der Waals surface area (Å²) in [6.07, 6.45) is 1.86. The first kappa shape index (κ1) is 13.4. The molecule has 2 N–H and O–H groups in total.